The van der Waals surface area contributed by atoms with Crippen LogP contribution in [0, 0.1) is 0 Å². The molecule has 7 nitrogen and oxygen atoms in total. The molecule has 2 amide bonds. The van der Waals surface area contributed by atoms with E-state index in [1.54, 1.807) is 32.9 Å². The fourth-order valence-corrected chi connectivity index (χ4v) is 2.96. The SMILES string of the molecule is CCOc1c(Cl)cc(C2NC(=O)NC(C)=C2C(=O)OC(C)C)cc1OC. The molecule has 1 unspecified atom stereocenters. The van der Waals surface area contributed by atoms with Crippen molar-refractivity contribution in [3.8, 4) is 11.5 Å². The zero-order valence-corrected chi connectivity index (χ0v) is 16.2. The number of nitrogens with one attached hydrogen (secondary N) is 2. The number of allylic oxidation sites excluding steroid dienone is 1. The van der Waals surface area contributed by atoms with Crippen molar-refractivity contribution >= 4 is 23.6 Å². The maximum absolute atomic E-state index is 12.6. The number of amides is 2. The Balaban J connectivity index is 2.53. The average molecular weight is 383 g/mol. The molecule has 1 aliphatic heterocycles. The van der Waals surface area contributed by atoms with Crippen molar-refractivity contribution in [3.05, 3.63) is 34.0 Å². The summed E-state index contributed by atoms with van der Waals surface area (Å²) in [6.07, 6.45) is -0.292. The fraction of sp³-hybridized carbons (Fsp3) is 0.444. The molecule has 1 aliphatic rings. The van der Waals surface area contributed by atoms with E-state index in [-0.39, 0.29) is 6.10 Å². The average Bonchev–Trinajstić information content (AvgIpc) is 2.54. The number of urea groups is 1. The number of hydrogen-bond acceptors (Lipinski definition) is 5. The standard InChI is InChI=1S/C18H23ClN2O5/c1-6-25-16-12(19)7-11(8-13(16)24-5)15-14(17(22)26-9(2)3)10(4)20-18(23)21-15/h7-9,15H,6H2,1-5H3,(H2,20,21,23). The molecule has 0 spiro atoms. The van der Waals surface area contributed by atoms with E-state index >= 15 is 0 Å². The van der Waals surface area contributed by atoms with Crippen molar-refractivity contribution in [1.82, 2.24) is 10.6 Å². The second kappa shape index (κ2) is 8.31. The van der Waals surface area contributed by atoms with Gasteiger partial charge in [-0.3, -0.25) is 0 Å². The predicted molar refractivity (Wildman–Crippen MR) is 97.5 cm³/mol. The van der Waals surface area contributed by atoms with E-state index in [0.29, 0.717) is 40.0 Å². The number of carbonyl (C=O) groups is 2. The highest BCUT2D eigenvalue weighted by Gasteiger charge is 2.33. The Kier molecular flexibility index (Phi) is 6.37. The number of esters is 1. The molecule has 0 fully saturated rings. The summed E-state index contributed by atoms with van der Waals surface area (Å²) in [4.78, 5) is 24.5. The molecule has 2 rings (SSSR count). The van der Waals surface area contributed by atoms with E-state index in [2.05, 4.69) is 10.6 Å². The van der Waals surface area contributed by atoms with Crippen LogP contribution in [0.2, 0.25) is 5.02 Å². The predicted octanol–water partition coefficient (Wildman–Crippen LogP) is 3.33. The number of benzene rings is 1. The number of carbonyl (C=O) groups excluding carboxylic acids is 2. The number of methoxy groups -OCH3 is 1. The Bertz CT molecular complexity index is 745. The molecule has 8 heteroatoms. The molecule has 2 N–H and O–H groups in total. The van der Waals surface area contributed by atoms with Crippen molar-refractivity contribution in [2.75, 3.05) is 13.7 Å². The summed E-state index contributed by atoms with van der Waals surface area (Å²) in [6, 6.07) is 2.18. The summed E-state index contributed by atoms with van der Waals surface area (Å²) in [6.45, 7) is 7.42. The highest BCUT2D eigenvalue weighted by atomic mass is 35.5. The minimum Gasteiger partial charge on any atom is -0.493 e. The van der Waals surface area contributed by atoms with Gasteiger partial charge in [0.05, 0.1) is 36.5 Å². The van der Waals surface area contributed by atoms with Gasteiger partial charge < -0.3 is 24.8 Å². The lowest BCUT2D eigenvalue weighted by atomic mass is 9.95. The zero-order valence-electron chi connectivity index (χ0n) is 15.4. The second-order valence-corrected chi connectivity index (χ2v) is 6.40. The summed E-state index contributed by atoms with van der Waals surface area (Å²) in [5.74, 6) is 0.308. The highest BCUT2D eigenvalue weighted by molar-refractivity contribution is 6.32. The normalized spacial score (nSPS) is 16.9. The third-order valence-corrected chi connectivity index (χ3v) is 3.99. The Morgan fingerprint density at radius 1 is 1.35 bits per heavy atom. The molecule has 0 saturated carbocycles. The summed E-state index contributed by atoms with van der Waals surface area (Å²) in [7, 11) is 1.49. The summed E-state index contributed by atoms with van der Waals surface area (Å²) >= 11 is 6.33. The third-order valence-electron chi connectivity index (χ3n) is 3.71. The molecule has 0 aliphatic carbocycles. The molecule has 0 aromatic heterocycles. The first-order valence-corrected chi connectivity index (χ1v) is 8.65. The minimum absolute atomic E-state index is 0.292. The van der Waals surface area contributed by atoms with Gasteiger partial charge in [0.25, 0.3) is 0 Å². The van der Waals surface area contributed by atoms with Crippen LogP contribution in [0.15, 0.2) is 23.4 Å². The fourth-order valence-electron chi connectivity index (χ4n) is 2.68. The number of ether oxygens (including phenoxy) is 3. The molecule has 0 bridgehead atoms. The molecule has 1 atom stereocenters. The molecule has 1 heterocycles. The van der Waals surface area contributed by atoms with Crippen LogP contribution in [-0.4, -0.2) is 31.8 Å². The first-order chi connectivity index (χ1) is 12.3. The van der Waals surface area contributed by atoms with Gasteiger partial charge in [-0.05, 0) is 45.4 Å². The Morgan fingerprint density at radius 3 is 2.62 bits per heavy atom. The molecule has 0 saturated heterocycles. The third kappa shape index (κ3) is 4.22. The lowest BCUT2D eigenvalue weighted by Gasteiger charge is -2.29. The van der Waals surface area contributed by atoms with E-state index < -0.39 is 18.0 Å². The van der Waals surface area contributed by atoms with Crippen LogP contribution in [0.4, 0.5) is 4.79 Å². The van der Waals surface area contributed by atoms with Crippen LogP contribution in [0.1, 0.15) is 39.3 Å². The van der Waals surface area contributed by atoms with Gasteiger partial charge in [-0.15, -0.1) is 0 Å². The first-order valence-electron chi connectivity index (χ1n) is 8.27. The maximum atomic E-state index is 12.6. The van der Waals surface area contributed by atoms with Crippen molar-refractivity contribution in [1.29, 1.82) is 0 Å². The lowest BCUT2D eigenvalue weighted by Crippen LogP contribution is -2.45. The van der Waals surface area contributed by atoms with E-state index in [1.165, 1.54) is 7.11 Å². The van der Waals surface area contributed by atoms with E-state index in [1.807, 2.05) is 6.92 Å². The van der Waals surface area contributed by atoms with Crippen LogP contribution in [0.3, 0.4) is 0 Å². The maximum Gasteiger partial charge on any atom is 0.338 e. The second-order valence-electron chi connectivity index (χ2n) is 5.99. The smallest absolute Gasteiger partial charge is 0.338 e. The van der Waals surface area contributed by atoms with Gasteiger partial charge in [0.2, 0.25) is 0 Å². The Labute approximate surface area is 157 Å². The molecule has 0 radical (unpaired) electrons. The van der Waals surface area contributed by atoms with Crippen molar-refractivity contribution in [2.24, 2.45) is 0 Å². The van der Waals surface area contributed by atoms with Crippen LogP contribution < -0.4 is 20.1 Å². The van der Waals surface area contributed by atoms with Gasteiger partial charge in [-0.25, -0.2) is 9.59 Å². The van der Waals surface area contributed by atoms with Gasteiger partial charge in [0.15, 0.2) is 11.5 Å². The number of rotatable bonds is 6. The number of hydrogen-bond donors (Lipinski definition) is 2. The van der Waals surface area contributed by atoms with Crippen molar-refractivity contribution in [3.63, 3.8) is 0 Å². The molecule has 1 aromatic rings. The van der Waals surface area contributed by atoms with Crippen molar-refractivity contribution < 1.29 is 23.8 Å². The van der Waals surface area contributed by atoms with E-state index in [0.717, 1.165) is 0 Å². The monoisotopic (exact) mass is 382 g/mol. The van der Waals surface area contributed by atoms with Gasteiger partial charge >= 0.3 is 12.0 Å². The van der Waals surface area contributed by atoms with Crippen LogP contribution in [0.5, 0.6) is 11.5 Å². The van der Waals surface area contributed by atoms with Crippen LogP contribution in [0.25, 0.3) is 0 Å². The highest BCUT2D eigenvalue weighted by Crippen LogP contribution is 2.40. The van der Waals surface area contributed by atoms with Gasteiger partial charge in [-0.2, -0.15) is 0 Å². The van der Waals surface area contributed by atoms with E-state index in [4.69, 9.17) is 25.8 Å². The van der Waals surface area contributed by atoms with Gasteiger partial charge in [0, 0.05) is 5.70 Å². The Hall–Kier alpha value is -2.41. The summed E-state index contributed by atoms with van der Waals surface area (Å²) in [5, 5.41) is 5.65. The number of halogens is 1. The van der Waals surface area contributed by atoms with Crippen LogP contribution >= 0.6 is 11.6 Å². The zero-order chi connectivity index (χ0) is 19.4. The van der Waals surface area contributed by atoms with Gasteiger partial charge in [-0.1, -0.05) is 11.6 Å². The molecular formula is C18H23ClN2O5. The van der Waals surface area contributed by atoms with E-state index in [9.17, 15) is 9.59 Å². The van der Waals surface area contributed by atoms with Crippen molar-refractivity contribution in [2.45, 2.75) is 39.8 Å². The first kappa shape index (κ1) is 19.9. The molecular weight excluding hydrogens is 360 g/mol. The molecule has 1 aromatic carbocycles. The largest absolute Gasteiger partial charge is 0.493 e. The lowest BCUT2D eigenvalue weighted by molar-refractivity contribution is -0.143. The Morgan fingerprint density at radius 2 is 2.04 bits per heavy atom. The quantitative estimate of drug-likeness (QED) is 0.737. The molecule has 26 heavy (non-hydrogen) atoms. The van der Waals surface area contributed by atoms with Crippen LogP contribution in [-0.2, 0) is 9.53 Å². The summed E-state index contributed by atoms with van der Waals surface area (Å²) in [5.41, 5.74) is 1.31. The summed E-state index contributed by atoms with van der Waals surface area (Å²) < 4.78 is 16.2. The van der Waals surface area contributed by atoms with Gasteiger partial charge in [0.1, 0.15) is 0 Å². The minimum atomic E-state index is -0.725. The molecule has 142 valence electrons. The topological polar surface area (TPSA) is 85.9 Å².